The molecule has 1 fully saturated rings. The van der Waals surface area contributed by atoms with Crippen molar-refractivity contribution in [2.75, 3.05) is 0 Å². The molecule has 1 amide bonds. The van der Waals surface area contributed by atoms with Crippen LogP contribution in [0.1, 0.15) is 59.1 Å². The van der Waals surface area contributed by atoms with E-state index in [9.17, 15) is 14.3 Å². The summed E-state index contributed by atoms with van der Waals surface area (Å²) >= 11 is 0. The lowest BCUT2D eigenvalue weighted by atomic mass is 9.99. The maximum atomic E-state index is 14.6. The predicted octanol–water partition coefficient (Wildman–Crippen LogP) is 4.98. The smallest absolute Gasteiger partial charge is 0.411 e. The molecule has 26 heavy (non-hydrogen) atoms. The predicted molar refractivity (Wildman–Crippen MR) is 95.3 cm³/mol. The van der Waals surface area contributed by atoms with Gasteiger partial charge in [0.05, 0.1) is 11.7 Å². The molecule has 1 saturated heterocycles. The van der Waals surface area contributed by atoms with E-state index in [1.807, 2.05) is 13.8 Å². The summed E-state index contributed by atoms with van der Waals surface area (Å²) in [6.07, 6.45) is -0.668. The summed E-state index contributed by atoms with van der Waals surface area (Å²) in [5, 5.41) is 14.1. The second-order valence-corrected chi connectivity index (χ2v) is 8.08. The quantitative estimate of drug-likeness (QED) is 0.465. The van der Waals surface area contributed by atoms with Crippen LogP contribution in [0.2, 0.25) is 0 Å². The van der Waals surface area contributed by atoms with Gasteiger partial charge in [-0.2, -0.15) is 0 Å². The van der Waals surface area contributed by atoms with Gasteiger partial charge in [0.25, 0.3) is 0 Å². The van der Waals surface area contributed by atoms with Gasteiger partial charge in [0.2, 0.25) is 0 Å². The largest absolute Gasteiger partial charge is 0.444 e. The van der Waals surface area contributed by atoms with E-state index in [0.29, 0.717) is 12.8 Å². The number of benzene rings is 1. The number of amides is 1. The van der Waals surface area contributed by atoms with Crippen molar-refractivity contribution in [1.29, 1.82) is 0 Å². The minimum atomic E-state index is -1.27. The third kappa shape index (κ3) is 4.08. The Morgan fingerprint density at radius 1 is 1.50 bits per heavy atom. The molecule has 0 unspecified atom stereocenters. The Morgan fingerprint density at radius 2 is 2.15 bits per heavy atom. The summed E-state index contributed by atoms with van der Waals surface area (Å²) in [6, 6.07) is 3.62. The van der Waals surface area contributed by atoms with Crippen LogP contribution in [0.4, 0.5) is 14.9 Å². The number of carbonyl (C=O) groups is 1. The highest BCUT2D eigenvalue weighted by Crippen LogP contribution is 2.41. The van der Waals surface area contributed by atoms with Crippen LogP contribution < -0.4 is 0 Å². The van der Waals surface area contributed by atoms with Gasteiger partial charge in [-0.1, -0.05) is 17.2 Å². The first kappa shape index (κ1) is 20.0. The third-order valence-corrected chi connectivity index (χ3v) is 4.47. The van der Waals surface area contributed by atoms with Crippen LogP contribution >= 0.6 is 0 Å². The van der Waals surface area contributed by atoms with Crippen LogP contribution in [0.15, 0.2) is 23.3 Å². The highest BCUT2D eigenvalue weighted by atomic mass is 19.1. The van der Waals surface area contributed by atoms with E-state index < -0.39 is 35.2 Å². The van der Waals surface area contributed by atoms with Gasteiger partial charge in [-0.3, -0.25) is 4.90 Å². The molecule has 0 radical (unpaired) electrons. The number of aliphatic hydroxyl groups is 1. The van der Waals surface area contributed by atoms with E-state index in [2.05, 4.69) is 10.0 Å². The standard InChI is InChI=1S/C18H25FN4O3/c1-17(2,3)26-16(25)23-13(9-10-18(23,4)5)15(24)11-7-6-8-12(14(11)19)21-22-20/h6-8,13,15,24H,9-10H2,1-5H3/t13-,15-/m1/s1. The lowest BCUT2D eigenvalue weighted by molar-refractivity contribution is -0.0172. The molecule has 0 aromatic heterocycles. The number of nitrogens with zero attached hydrogens (tertiary/aromatic N) is 4. The van der Waals surface area contributed by atoms with Gasteiger partial charge in [-0.25, -0.2) is 9.18 Å². The molecular weight excluding hydrogens is 339 g/mol. The zero-order chi connectivity index (χ0) is 19.7. The Kier molecular flexibility index (Phi) is 5.49. The van der Waals surface area contributed by atoms with Crippen LogP contribution in [0, 0.1) is 5.82 Å². The molecule has 1 aliphatic rings. The first-order valence-electron chi connectivity index (χ1n) is 8.52. The highest BCUT2D eigenvalue weighted by Gasteiger charge is 2.47. The fraction of sp³-hybridized carbons (Fsp3) is 0.611. The number of hydrogen-bond donors (Lipinski definition) is 1. The summed E-state index contributed by atoms with van der Waals surface area (Å²) in [4.78, 5) is 16.8. The van der Waals surface area contributed by atoms with E-state index in [4.69, 9.17) is 10.3 Å². The van der Waals surface area contributed by atoms with Gasteiger partial charge >= 0.3 is 6.09 Å². The monoisotopic (exact) mass is 364 g/mol. The van der Waals surface area contributed by atoms with Crippen molar-refractivity contribution in [1.82, 2.24) is 4.90 Å². The van der Waals surface area contributed by atoms with Gasteiger partial charge in [0.1, 0.15) is 17.5 Å². The van der Waals surface area contributed by atoms with Crippen molar-refractivity contribution in [2.24, 2.45) is 5.11 Å². The first-order valence-corrected chi connectivity index (χ1v) is 8.52. The van der Waals surface area contributed by atoms with Crippen molar-refractivity contribution in [3.05, 3.63) is 40.0 Å². The van der Waals surface area contributed by atoms with E-state index in [1.54, 1.807) is 20.8 Å². The second-order valence-electron chi connectivity index (χ2n) is 8.08. The molecule has 0 saturated carbocycles. The zero-order valence-electron chi connectivity index (χ0n) is 15.7. The molecule has 142 valence electrons. The number of hydrogen-bond acceptors (Lipinski definition) is 4. The van der Waals surface area contributed by atoms with Crippen LogP contribution in [-0.4, -0.2) is 33.3 Å². The molecule has 0 aliphatic carbocycles. The van der Waals surface area contributed by atoms with Crippen molar-refractivity contribution in [2.45, 2.75) is 70.7 Å². The van der Waals surface area contributed by atoms with Gasteiger partial charge in [-0.05, 0) is 59.1 Å². The lowest BCUT2D eigenvalue weighted by Crippen LogP contribution is -2.50. The summed E-state index contributed by atoms with van der Waals surface area (Å²) in [6.45, 7) is 9.07. The Balaban J connectivity index is 2.38. The van der Waals surface area contributed by atoms with E-state index in [1.165, 1.54) is 23.1 Å². The number of ether oxygens (including phenoxy) is 1. The SMILES string of the molecule is CC(C)(C)OC(=O)N1[C@@H]([C@H](O)c2cccc(N=[N+]=[N-])c2F)CCC1(C)C. The third-order valence-electron chi connectivity index (χ3n) is 4.47. The van der Waals surface area contributed by atoms with Crippen molar-refractivity contribution in [3.8, 4) is 0 Å². The number of rotatable bonds is 3. The second kappa shape index (κ2) is 7.13. The number of aliphatic hydroxyl groups excluding tert-OH is 1. The fourth-order valence-electron chi connectivity index (χ4n) is 3.29. The van der Waals surface area contributed by atoms with Gasteiger partial charge in [0, 0.05) is 16.0 Å². The van der Waals surface area contributed by atoms with Crippen LogP contribution in [0.25, 0.3) is 10.4 Å². The molecule has 0 bridgehead atoms. The summed E-state index contributed by atoms with van der Waals surface area (Å²) in [7, 11) is 0. The molecule has 0 spiro atoms. The Morgan fingerprint density at radius 3 is 2.73 bits per heavy atom. The molecule has 2 rings (SSSR count). The van der Waals surface area contributed by atoms with Gasteiger partial charge in [0.15, 0.2) is 0 Å². The number of likely N-dealkylation sites (tertiary alicyclic amines) is 1. The Bertz CT molecular complexity index is 738. The molecule has 8 heteroatoms. The summed E-state index contributed by atoms with van der Waals surface area (Å²) in [5.74, 6) is -0.786. The van der Waals surface area contributed by atoms with E-state index in [-0.39, 0.29) is 11.3 Å². The molecule has 7 nitrogen and oxygen atoms in total. The maximum Gasteiger partial charge on any atom is 0.411 e. The van der Waals surface area contributed by atoms with Crippen molar-refractivity contribution in [3.63, 3.8) is 0 Å². The minimum Gasteiger partial charge on any atom is -0.444 e. The topological polar surface area (TPSA) is 98.5 Å². The zero-order valence-corrected chi connectivity index (χ0v) is 15.7. The Hall–Kier alpha value is -2.31. The average Bonchev–Trinajstić information content (AvgIpc) is 2.82. The first-order chi connectivity index (χ1) is 12.0. The molecule has 1 aliphatic heterocycles. The number of azide groups is 1. The lowest BCUT2D eigenvalue weighted by Gasteiger charge is -2.38. The average molecular weight is 364 g/mol. The molecule has 1 aromatic carbocycles. The van der Waals surface area contributed by atoms with E-state index in [0.717, 1.165) is 0 Å². The number of carbonyl (C=O) groups excluding carboxylic acids is 1. The van der Waals surface area contributed by atoms with Crippen LogP contribution in [0.5, 0.6) is 0 Å². The molecular formula is C18H25FN4O3. The molecule has 1 N–H and O–H groups in total. The van der Waals surface area contributed by atoms with Crippen molar-refractivity contribution >= 4 is 11.8 Å². The molecule has 1 aromatic rings. The molecule has 1 heterocycles. The Labute approximate surface area is 152 Å². The highest BCUT2D eigenvalue weighted by molar-refractivity contribution is 5.70. The maximum absolute atomic E-state index is 14.6. The summed E-state index contributed by atoms with van der Waals surface area (Å²) in [5.41, 5.74) is 7.12. The fourth-order valence-corrected chi connectivity index (χ4v) is 3.29. The number of halogens is 1. The van der Waals surface area contributed by atoms with Crippen LogP contribution in [-0.2, 0) is 4.74 Å². The van der Waals surface area contributed by atoms with E-state index >= 15 is 0 Å². The van der Waals surface area contributed by atoms with Crippen molar-refractivity contribution < 1.29 is 19.0 Å². The minimum absolute atomic E-state index is 0.00819. The van der Waals surface area contributed by atoms with Gasteiger partial charge < -0.3 is 9.84 Å². The normalized spacial score (nSPS) is 20.4. The molecule has 2 atom stereocenters. The summed E-state index contributed by atoms with van der Waals surface area (Å²) < 4.78 is 20.1. The van der Waals surface area contributed by atoms with Gasteiger partial charge in [-0.15, -0.1) is 0 Å². The van der Waals surface area contributed by atoms with Crippen LogP contribution in [0.3, 0.4) is 0 Å².